The molecular weight excluding hydrogens is 266 g/mol. The van der Waals surface area contributed by atoms with Gasteiger partial charge in [0.05, 0.1) is 12.6 Å². The highest BCUT2D eigenvalue weighted by molar-refractivity contribution is 5.90. The lowest BCUT2D eigenvalue weighted by Gasteiger charge is -2.09. The number of anilines is 1. The number of benzene rings is 1. The van der Waals surface area contributed by atoms with E-state index in [9.17, 15) is 5.11 Å². The second-order valence-corrected chi connectivity index (χ2v) is 4.75. The van der Waals surface area contributed by atoms with Crippen LogP contribution in [-0.4, -0.2) is 27.6 Å². The number of nitrogens with two attached hydrogens (primary N) is 1. The van der Waals surface area contributed by atoms with Gasteiger partial charge in [0.15, 0.2) is 5.96 Å². The molecule has 2 aromatic rings. The van der Waals surface area contributed by atoms with E-state index >= 15 is 0 Å². The monoisotopic (exact) mass is 285 g/mol. The second kappa shape index (κ2) is 6.81. The van der Waals surface area contributed by atoms with Gasteiger partial charge < -0.3 is 10.8 Å². The number of aryl methyl sites for hydroxylation is 2. The topological polar surface area (TPSA) is 96.4 Å². The molecule has 0 aliphatic heterocycles. The summed E-state index contributed by atoms with van der Waals surface area (Å²) in [7, 11) is 0. The van der Waals surface area contributed by atoms with Crippen molar-refractivity contribution in [2.45, 2.75) is 20.0 Å². The Morgan fingerprint density at radius 1 is 1.24 bits per heavy atom. The van der Waals surface area contributed by atoms with E-state index in [0.29, 0.717) is 5.95 Å². The Hall–Kier alpha value is -2.47. The number of aromatic nitrogens is 2. The molecule has 0 unspecified atom stereocenters. The van der Waals surface area contributed by atoms with Crippen LogP contribution in [-0.2, 0) is 0 Å². The Labute approximate surface area is 123 Å². The Balaban J connectivity index is 1.98. The molecule has 0 saturated carbocycles. The third-order valence-corrected chi connectivity index (χ3v) is 2.84. The molecule has 6 heteroatoms. The Kier molecular flexibility index (Phi) is 4.84. The molecule has 0 aliphatic carbocycles. The third kappa shape index (κ3) is 4.54. The zero-order valence-corrected chi connectivity index (χ0v) is 12.1. The van der Waals surface area contributed by atoms with Crippen LogP contribution in [0.3, 0.4) is 0 Å². The lowest BCUT2D eigenvalue weighted by Crippen LogP contribution is -2.25. The van der Waals surface area contributed by atoms with Gasteiger partial charge in [-0.3, -0.25) is 10.3 Å². The number of nitrogens with zero attached hydrogens (tertiary/aromatic N) is 3. The van der Waals surface area contributed by atoms with E-state index < -0.39 is 6.10 Å². The normalized spacial score (nSPS) is 13.0. The highest BCUT2D eigenvalue weighted by atomic mass is 16.3. The summed E-state index contributed by atoms with van der Waals surface area (Å²) in [6.07, 6.45) is -0.688. The maximum absolute atomic E-state index is 10.0. The number of hydrogen-bond donors (Lipinski definition) is 3. The Bertz CT molecular complexity index is 607. The zero-order valence-electron chi connectivity index (χ0n) is 12.1. The SMILES string of the molecule is Cc1cc(C)nc(NC(N)=NC[C@@H](O)c2ccccc2)n1. The van der Waals surface area contributed by atoms with Gasteiger partial charge in [-0.25, -0.2) is 9.97 Å². The lowest BCUT2D eigenvalue weighted by molar-refractivity contribution is 0.187. The van der Waals surface area contributed by atoms with Crippen LogP contribution in [0.5, 0.6) is 0 Å². The van der Waals surface area contributed by atoms with E-state index in [2.05, 4.69) is 20.3 Å². The van der Waals surface area contributed by atoms with Crippen LogP contribution in [0.2, 0.25) is 0 Å². The molecule has 1 aromatic heterocycles. The Morgan fingerprint density at radius 2 is 1.86 bits per heavy atom. The van der Waals surface area contributed by atoms with Crippen molar-refractivity contribution in [2.75, 3.05) is 11.9 Å². The fraction of sp³-hybridized carbons (Fsp3) is 0.267. The van der Waals surface area contributed by atoms with Crippen molar-refractivity contribution in [3.8, 4) is 0 Å². The first-order valence-corrected chi connectivity index (χ1v) is 6.67. The molecule has 0 radical (unpaired) electrons. The molecule has 0 saturated heterocycles. The fourth-order valence-electron chi connectivity index (χ4n) is 1.90. The van der Waals surface area contributed by atoms with Crippen molar-refractivity contribution in [1.29, 1.82) is 0 Å². The van der Waals surface area contributed by atoms with Crippen LogP contribution in [0, 0.1) is 13.8 Å². The summed E-state index contributed by atoms with van der Waals surface area (Å²) < 4.78 is 0. The second-order valence-electron chi connectivity index (χ2n) is 4.75. The molecule has 110 valence electrons. The molecule has 1 heterocycles. The molecule has 0 spiro atoms. The van der Waals surface area contributed by atoms with E-state index in [-0.39, 0.29) is 12.5 Å². The van der Waals surface area contributed by atoms with E-state index in [1.165, 1.54) is 0 Å². The molecule has 4 N–H and O–H groups in total. The van der Waals surface area contributed by atoms with Crippen molar-refractivity contribution in [3.05, 3.63) is 53.3 Å². The van der Waals surface area contributed by atoms with Gasteiger partial charge in [-0.05, 0) is 25.5 Å². The molecule has 0 bridgehead atoms. The summed E-state index contributed by atoms with van der Waals surface area (Å²) in [4.78, 5) is 12.5. The molecule has 0 fully saturated rings. The van der Waals surface area contributed by atoms with Gasteiger partial charge in [0.2, 0.25) is 5.95 Å². The number of nitrogens with one attached hydrogen (secondary N) is 1. The van der Waals surface area contributed by atoms with E-state index in [4.69, 9.17) is 5.73 Å². The van der Waals surface area contributed by atoms with Gasteiger partial charge in [-0.1, -0.05) is 30.3 Å². The number of aliphatic hydroxyl groups is 1. The van der Waals surface area contributed by atoms with Crippen LogP contribution < -0.4 is 11.1 Å². The van der Waals surface area contributed by atoms with Gasteiger partial charge in [-0.2, -0.15) is 0 Å². The minimum atomic E-state index is -0.688. The summed E-state index contributed by atoms with van der Waals surface area (Å²) in [5.41, 5.74) is 8.28. The summed E-state index contributed by atoms with van der Waals surface area (Å²) in [6, 6.07) is 11.2. The number of guanidine groups is 1. The summed E-state index contributed by atoms with van der Waals surface area (Å²) in [6.45, 7) is 3.94. The first kappa shape index (κ1) is 14.9. The lowest BCUT2D eigenvalue weighted by atomic mass is 10.1. The smallest absolute Gasteiger partial charge is 0.229 e. The standard InChI is InChI=1S/C15H19N5O/c1-10-8-11(2)19-15(18-10)20-14(16)17-9-13(21)12-6-4-3-5-7-12/h3-8,13,21H,9H2,1-2H3,(H3,16,17,18,19,20)/t13-/m1/s1. The highest BCUT2D eigenvalue weighted by Crippen LogP contribution is 2.12. The van der Waals surface area contributed by atoms with Crippen LogP contribution >= 0.6 is 0 Å². The van der Waals surface area contributed by atoms with Crippen LogP contribution in [0.15, 0.2) is 41.4 Å². The van der Waals surface area contributed by atoms with Crippen LogP contribution in [0.4, 0.5) is 5.95 Å². The number of aliphatic hydroxyl groups excluding tert-OH is 1. The zero-order chi connectivity index (χ0) is 15.2. The molecule has 21 heavy (non-hydrogen) atoms. The summed E-state index contributed by atoms with van der Waals surface area (Å²) >= 11 is 0. The van der Waals surface area contributed by atoms with E-state index in [1.807, 2.05) is 50.2 Å². The molecule has 1 aromatic carbocycles. The minimum absolute atomic E-state index is 0.174. The molecular formula is C15H19N5O. The quantitative estimate of drug-likeness (QED) is 0.585. The molecule has 0 amide bonds. The first-order chi connectivity index (χ1) is 10.0. The number of hydrogen-bond acceptors (Lipinski definition) is 4. The van der Waals surface area contributed by atoms with Gasteiger partial charge in [0.25, 0.3) is 0 Å². The van der Waals surface area contributed by atoms with E-state index in [1.54, 1.807) is 0 Å². The van der Waals surface area contributed by atoms with Gasteiger partial charge in [-0.15, -0.1) is 0 Å². The number of rotatable bonds is 4. The molecule has 2 rings (SSSR count). The average Bonchev–Trinajstić information content (AvgIpc) is 2.44. The summed E-state index contributed by atoms with van der Waals surface area (Å²) in [5, 5.41) is 12.8. The van der Waals surface area contributed by atoms with Gasteiger partial charge >= 0.3 is 0 Å². The van der Waals surface area contributed by atoms with Crippen molar-refractivity contribution < 1.29 is 5.11 Å². The van der Waals surface area contributed by atoms with Crippen molar-refractivity contribution in [2.24, 2.45) is 10.7 Å². The molecule has 0 aliphatic rings. The summed E-state index contributed by atoms with van der Waals surface area (Å²) in [5.74, 6) is 0.581. The predicted molar refractivity (Wildman–Crippen MR) is 83.0 cm³/mol. The maximum atomic E-state index is 10.0. The highest BCUT2D eigenvalue weighted by Gasteiger charge is 2.06. The largest absolute Gasteiger partial charge is 0.386 e. The van der Waals surface area contributed by atoms with Crippen molar-refractivity contribution in [1.82, 2.24) is 9.97 Å². The maximum Gasteiger partial charge on any atom is 0.229 e. The Morgan fingerprint density at radius 3 is 2.48 bits per heavy atom. The van der Waals surface area contributed by atoms with Gasteiger partial charge in [0, 0.05) is 11.4 Å². The molecule has 1 atom stereocenters. The van der Waals surface area contributed by atoms with Crippen LogP contribution in [0.1, 0.15) is 23.1 Å². The average molecular weight is 285 g/mol. The molecule has 6 nitrogen and oxygen atoms in total. The predicted octanol–water partition coefficient (Wildman–Crippen LogP) is 1.55. The minimum Gasteiger partial charge on any atom is -0.386 e. The first-order valence-electron chi connectivity index (χ1n) is 6.67. The van der Waals surface area contributed by atoms with Crippen LogP contribution in [0.25, 0.3) is 0 Å². The third-order valence-electron chi connectivity index (χ3n) is 2.84. The van der Waals surface area contributed by atoms with Crippen molar-refractivity contribution in [3.63, 3.8) is 0 Å². The number of aliphatic imine (C=N–C) groups is 1. The van der Waals surface area contributed by atoms with Crippen molar-refractivity contribution >= 4 is 11.9 Å². The van der Waals surface area contributed by atoms with Gasteiger partial charge in [0.1, 0.15) is 0 Å². The van der Waals surface area contributed by atoms with E-state index in [0.717, 1.165) is 17.0 Å². The fourth-order valence-corrected chi connectivity index (χ4v) is 1.90.